The predicted molar refractivity (Wildman–Crippen MR) is 102 cm³/mol. The summed E-state index contributed by atoms with van der Waals surface area (Å²) in [7, 11) is 1.71. The highest BCUT2D eigenvalue weighted by Gasteiger charge is 2.16. The Kier molecular flexibility index (Phi) is 4.57. The summed E-state index contributed by atoms with van der Waals surface area (Å²) < 4.78 is 11.1. The number of nitrogens with one attached hydrogen (secondary N) is 1. The summed E-state index contributed by atoms with van der Waals surface area (Å²) in [4.78, 5) is 14.1. The Hall–Kier alpha value is -3.61. The lowest BCUT2D eigenvalue weighted by Crippen LogP contribution is -2.27. The van der Waals surface area contributed by atoms with Crippen LogP contribution in [0.2, 0.25) is 0 Å². The van der Waals surface area contributed by atoms with E-state index in [2.05, 4.69) is 15.5 Å². The van der Waals surface area contributed by atoms with Crippen molar-refractivity contribution in [3.63, 3.8) is 0 Å². The summed E-state index contributed by atoms with van der Waals surface area (Å²) in [5, 5.41) is 11.3. The van der Waals surface area contributed by atoms with Gasteiger partial charge in [-0.3, -0.25) is 4.79 Å². The minimum absolute atomic E-state index is 0.223. The van der Waals surface area contributed by atoms with Crippen molar-refractivity contribution in [2.75, 3.05) is 30.5 Å². The fraction of sp³-hybridized carbons (Fsp3) is 0.150. The van der Waals surface area contributed by atoms with Gasteiger partial charge in [-0.15, -0.1) is 10.2 Å². The van der Waals surface area contributed by atoms with Crippen LogP contribution >= 0.6 is 0 Å². The molecule has 2 aromatic carbocycles. The van der Waals surface area contributed by atoms with Crippen LogP contribution in [0, 0.1) is 0 Å². The zero-order valence-electron chi connectivity index (χ0n) is 14.8. The largest absolute Gasteiger partial charge is 0.486 e. The zero-order valence-corrected chi connectivity index (χ0v) is 14.8. The maximum absolute atomic E-state index is 12.5. The highest BCUT2D eigenvalue weighted by atomic mass is 16.6. The molecule has 0 fully saturated rings. The van der Waals surface area contributed by atoms with E-state index in [4.69, 9.17) is 9.47 Å². The predicted octanol–water partition coefficient (Wildman–Crippen LogP) is 3.27. The summed E-state index contributed by atoms with van der Waals surface area (Å²) >= 11 is 0. The third-order valence-corrected chi connectivity index (χ3v) is 4.15. The van der Waals surface area contributed by atoms with Gasteiger partial charge in [0.2, 0.25) is 0 Å². The van der Waals surface area contributed by atoms with E-state index in [9.17, 15) is 4.79 Å². The van der Waals surface area contributed by atoms with E-state index in [0.29, 0.717) is 24.8 Å². The van der Waals surface area contributed by atoms with Gasteiger partial charge in [-0.2, -0.15) is 0 Å². The molecule has 0 saturated carbocycles. The van der Waals surface area contributed by atoms with Gasteiger partial charge >= 0.3 is 0 Å². The zero-order chi connectivity index (χ0) is 18.6. The second kappa shape index (κ2) is 7.33. The van der Waals surface area contributed by atoms with Crippen molar-refractivity contribution in [3.05, 3.63) is 66.4 Å². The average molecular weight is 362 g/mol. The molecule has 0 radical (unpaired) electrons. The van der Waals surface area contributed by atoms with Gasteiger partial charge in [0, 0.05) is 24.5 Å². The first-order chi connectivity index (χ1) is 13.2. The SMILES string of the molecule is CN(C(=O)c1ccc(Nc2ccc3c(c2)OCCO3)nn1)c1ccccc1. The number of aromatic nitrogens is 2. The van der Waals surface area contributed by atoms with Crippen LogP contribution in [-0.4, -0.2) is 36.4 Å². The second-order valence-electron chi connectivity index (χ2n) is 5.99. The van der Waals surface area contributed by atoms with Gasteiger partial charge in [0.1, 0.15) is 13.2 Å². The molecule has 7 heteroatoms. The van der Waals surface area contributed by atoms with Crippen LogP contribution in [0.5, 0.6) is 11.5 Å². The number of fused-ring (bicyclic) bond motifs is 1. The minimum Gasteiger partial charge on any atom is -0.486 e. The summed E-state index contributed by atoms with van der Waals surface area (Å²) in [5.74, 6) is 1.73. The van der Waals surface area contributed by atoms with Crippen LogP contribution in [-0.2, 0) is 0 Å². The molecule has 3 aromatic rings. The number of anilines is 3. The molecule has 27 heavy (non-hydrogen) atoms. The van der Waals surface area contributed by atoms with E-state index in [-0.39, 0.29) is 11.6 Å². The molecule has 1 N–H and O–H groups in total. The molecule has 0 spiro atoms. The van der Waals surface area contributed by atoms with Gasteiger partial charge in [0.25, 0.3) is 5.91 Å². The molecule has 1 amide bonds. The van der Waals surface area contributed by atoms with E-state index in [1.807, 2.05) is 48.5 Å². The van der Waals surface area contributed by atoms with Crippen LogP contribution in [0.15, 0.2) is 60.7 Å². The molecule has 1 aliphatic rings. The quantitative estimate of drug-likeness (QED) is 0.768. The lowest BCUT2D eigenvalue weighted by atomic mass is 10.2. The maximum Gasteiger partial charge on any atom is 0.278 e. The van der Waals surface area contributed by atoms with Gasteiger partial charge in [-0.1, -0.05) is 18.2 Å². The monoisotopic (exact) mass is 362 g/mol. The van der Waals surface area contributed by atoms with Crippen LogP contribution in [0.1, 0.15) is 10.5 Å². The topological polar surface area (TPSA) is 76.6 Å². The Morgan fingerprint density at radius 2 is 1.74 bits per heavy atom. The lowest BCUT2D eigenvalue weighted by Gasteiger charge is -2.19. The Bertz CT molecular complexity index is 945. The number of rotatable bonds is 4. The lowest BCUT2D eigenvalue weighted by molar-refractivity contribution is 0.0987. The molecule has 0 aliphatic carbocycles. The molecule has 136 valence electrons. The third kappa shape index (κ3) is 3.67. The molecule has 4 rings (SSSR count). The number of carbonyl (C=O) groups excluding carboxylic acids is 1. The molecule has 2 heterocycles. The molecular weight excluding hydrogens is 344 g/mol. The van der Waals surface area contributed by atoms with Crippen molar-refractivity contribution in [2.24, 2.45) is 0 Å². The molecule has 1 aromatic heterocycles. The molecule has 0 atom stereocenters. The van der Waals surface area contributed by atoms with Crippen molar-refractivity contribution in [3.8, 4) is 11.5 Å². The number of hydrogen-bond donors (Lipinski definition) is 1. The average Bonchev–Trinajstić information content (AvgIpc) is 2.74. The van der Waals surface area contributed by atoms with E-state index < -0.39 is 0 Å². The van der Waals surface area contributed by atoms with Crippen molar-refractivity contribution in [2.45, 2.75) is 0 Å². The minimum atomic E-state index is -0.223. The first kappa shape index (κ1) is 16.8. The summed E-state index contributed by atoms with van der Waals surface area (Å²) in [6, 6.07) is 18.3. The van der Waals surface area contributed by atoms with E-state index >= 15 is 0 Å². The van der Waals surface area contributed by atoms with Crippen LogP contribution < -0.4 is 19.7 Å². The molecule has 7 nitrogen and oxygen atoms in total. The van der Waals surface area contributed by atoms with E-state index in [1.165, 1.54) is 4.90 Å². The first-order valence-electron chi connectivity index (χ1n) is 8.54. The van der Waals surface area contributed by atoms with Crippen molar-refractivity contribution < 1.29 is 14.3 Å². The van der Waals surface area contributed by atoms with Gasteiger partial charge in [0.05, 0.1) is 0 Å². The van der Waals surface area contributed by atoms with Crippen molar-refractivity contribution in [1.82, 2.24) is 10.2 Å². The second-order valence-corrected chi connectivity index (χ2v) is 5.99. The first-order valence-corrected chi connectivity index (χ1v) is 8.54. The standard InChI is InChI=1S/C20H18N4O3/c1-24(15-5-3-2-4-6-15)20(25)16-8-10-19(23-22-16)21-14-7-9-17-18(13-14)27-12-11-26-17/h2-10,13H,11-12H2,1H3,(H,21,23). The van der Waals surface area contributed by atoms with Gasteiger partial charge in [0.15, 0.2) is 23.0 Å². The molecule has 0 unspecified atom stereocenters. The number of ether oxygens (including phenoxy) is 2. The number of carbonyl (C=O) groups is 1. The fourth-order valence-corrected chi connectivity index (χ4v) is 2.72. The van der Waals surface area contributed by atoms with Crippen molar-refractivity contribution >= 4 is 23.1 Å². The summed E-state index contributed by atoms with van der Waals surface area (Å²) in [6.07, 6.45) is 0. The number of benzene rings is 2. The number of para-hydroxylation sites is 1. The third-order valence-electron chi connectivity index (χ3n) is 4.15. The maximum atomic E-state index is 12.5. The number of amides is 1. The Balaban J connectivity index is 1.47. The van der Waals surface area contributed by atoms with Crippen LogP contribution in [0.25, 0.3) is 0 Å². The number of nitrogens with zero attached hydrogens (tertiary/aromatic N) is 3. The summed E-state index contributed by atoms with van der Waals surface area (Å²) in [5.41, 5.74) is 1.87. The Morgan fingerprint density at radius 3 is 2.48 bits per heavy atom. The van der Waals surface area contributed by atoms with Gasteiger partial charge in [-0.25, -0.2) is 0 Å². The molecule has 1 aliphatic heterocycles. The highest BCUT2D eigenvalue weighted by Crippen LogP contribution is 2.33. The van der Waals surface area contributed by atoms with Crippen LogP contribution in [0.4, 0.5) is 17.2 Å². The van der Waals surface area contributed by atoms with E-state index in [1.54, 1.807) is 19.2 Å². The normalized spacial score (nSPS) is 12.3. The smallest absolute Gasteiger partial charge is 0.278 e. The fourth-order valence-electron chi connectivity index (χ4n) is 2.72. The molecule has 0 saturated heterocycles. The van der Waals surface area contributed by atoms with Gasteiger partial charge < -0.3 is 19.7 Å². The molecular formula is C20H18N4O3. The van der Waals surface area contributed by atoms with Crippen LogP contribution in [0.3, 0.4) is 0 Å². The van der Waals surface area contributed by atoms with Crippen molar-refractivity contribution in [1.29, 1.82) is 0 Å². The Morgan fingerprint density at radius 1 is 0.963 bits per heavy atom. The Labute approximate surface area is 156 Å². The summed E-state index contributed by atoms with van der Waals surface area (Å²) in [6.45, 7) is 1.08. The number of hydrogen-bond acceptors (Lipinski definition) is 6. The van der Waals surface area contributed by atoms with E-state index in [0.717, 1.165) is 17.1 Å². The van der Waals surface area contributed by atoms with Gasteiger partial charge in [-0.05, 0) is 36.4 Å². The molecule has 0 bridgehead atoms. The highest BCUT2D eigenvalue weighted by molar-refractivity contribution is 6.04.